The normalized spacial score (nSPS) is 20.2. The van der Waals surface area contributed by atoms with Gasteiger partial charge in [-0.05, 0) is 61.1 Å². The highest BCUT2D eigenvalue weighted by molar-refractivity contribution is 6.00. The lowest BCUT2D eigenvalue weighted by atomic mass is 9.70. The average molecular weight is 434 g/mol. The third kappa shape index (κ3) is 3.28. The molecule has 1 aromatic heterocycles. The van der Waals surface area contributed by atoms with E-state index in [9.17, 15) is 9.59 Å². The Balaban J connectivity index is 1.48. The number of aromatic nitrogens is 2. The molecule has 7 heteroatoms. The van der Waals surface area contributed by atoms with Gasteiger partial charge in [0.15, 0.2) is 0 Å². The number of ether oxygens (including phenoxy) is 2. The number of hydrogen-bond acceptors (Lipinski definition) is 5. The number of hydrogen-bond donors (Lipinski definition) is 0. The largest absolute Gasteiger partial charge is 0.465 e. The first kappa shape index (κ1) is 20.7. The number of esters is 1. The zero-order chi connectivity index (χ0) is 22.3. The fourth-order valence-corrected chi connectivity index (χ4v) is 5.19. The van der Waals surface area contributed by atoms with Crippen molar-refractivity contribution in [2.24, 2.45) is 5.41 Å². The first-order valence-corrected chi connectivity index (χ1v) is 11.0. The van der Waals surface area contributed by atoms with Crippen LogP contribution >= 0.6 is 0 Å². The van der Waals surface area contributed by atoms with Gasteiger partial charge in [-0.2, -0.15) is 0 Å². The summed E-state index contributed by atoms with van der Waals surface area (Å²) in [5.41, 5.74) is 4.25. The third-order valence-electron chi connectivity index (χ3n) is 6.94. The lowest BCUT2D eigenvalue weighted by Gasteiger charge is -2.33. The molecule has 32 heavy (non-hydrogen) atoms. The predicted molar refractivity (Wildman–Crippen MR) is 121 cm³/mol. The van der Waals surface area contributed by atoms with Crippen LogP contribution in [0.4, 0.5) is 5.95 Å². The second-order valence-corrected chi connectivity index (χ2v) is 8.68. The molecule has 1 amide bonds. The Morgan fingerprint density at radius 3 is 2.78 bits per heavy atom. The van der Waals surface area contributed by atoms with Crippen LogP contribution in [0.1, 0.15) is 34.3 Å². The number of para-hydroxylation sites is 2. The topological polar surface area (TPSA) is 73.7 Å². The Bertz CT molecular complexity index is 1200. The molecule has 1 spiro atoms. The quantitative estimate of drug-likeness (QED) is 0.577. The summed E-state index contributed by atoms with van der Waals surface area (Å²) in [6.07, 6.45) is 3.06. The number of carbonyl (C=O) groups excluding carboxylic acids is 2. The summed E-state index contributed by atoms with van der Waals surface area (Å²) >= 11 is 0. The zero-order valence-corrected chi connectivity index (χ0v) is 18.5. The van der Waals surface area contributed by atoms with Gasteiger partial charge in [0.25, 0.3) is 0 Å². The van der Waals surface area contributed by atoms with Crippen LogP contribution in [0.2, 0.25) is 0 Å². The first-order valence-electron chi connectivity index (χ1n) is 11.0. The summed E-state index contributed by atoms with van der Waals surface area (Å²) < 4.78 is 12.3. The fourth-order valence-electron chi connectivity index (χ4n) is 5.19. The number of methoxy groups -OCH3 is 2. The number of nitrogens with zero attached hydrogens (tertiary/aromatic N) is 3. The average Bonchev–Trinajstić information content (AvgIpc) is 3.34. The molecule has 0 unspecified atom stereocenters. The van der Waals surface area contributed by atoms with Crippen LogP contribution in [0.15, 0.2) is 42.5 Å². The number of carbonyl (C=O) groups is 2. The van der Waals surface area contributed by atoms with Crippen molar-refractivity contribution in [3.05, 3.63) is 59.2 Å². The fraction of sp³-hybridized carbons (Fsp3) is 0.400. The maximum Gasteiger partial charge on any atom is 0.337 e. The summed E-state index contributed by atoms with van der Waals surface area (Å²) in [7, 11) is 3.06. The van der Waals surface area contributed by atoms with Gasteiger partial charge in [0.2, 0.25) is 11.9 Å². The molecule has 0 N–H and O–H groups in total. The Morgan fingerprint density at radius 2 is 1.97 bits per heavy atom. The minimum Gasteiger partial charge on any atom is -0.465 e. The molecule has 1 aliphatic heterocycles. The zero-order valence-electron chi connectivity index (χ0n) is 18.5. The Hall–Kier alpha value is -3.19. The van der Waals surface area contributed by atoms with E-state index in [4.69, 9.17) is 14.5 Å². The van der Waals surface area contributed by atoms with Crippen molar-refractivity contribution in [3.8, 4) is 0 Å². The van der Waals surface area contributed by atoms with Crippen molar-refractivity contribution < 1.29 is 19.1 Å². The molecule has 0 saturated carbocycles. The molecule has 1 aliphatic carbocycles. The standard InChI is InChI=1S/C25H27N3O4/c1-31-14-13-27-21-6-4-3-5-20(21)26-24(27)28-12-11-25(23(28)30)10-9-17-7-8-18(22(29)32-2)15-19(17)16-25/h3-8,15H,9-14,16H2,1-2H3/t25-/m0/s1. The molecule has 7 nitrogen and oxygen atoms in total. The summed E-state index contributed by atoms with van der Waals surface area (Å²) in [4.78, 5) is 32.5. The van der Waals surface area contributed by atoms with Crippen molar-refractivity contribution in [1.29, 1.82) is 0 Å². The molecule has 0 radical (unpaired) electrons. The van der Waals surface area contributed by atoms with Gasteiger partial charge in [0.05, 0.1) is 35.7 Å². The number of fused-ring (bicyclic) bond motifs is 2. The molecular weight excluding hydrogens is 406 g/mol. The molecular formula is C25H27N3O4. The van der Waals surface area contributed by atoms with Crippen LogP contribution in [0.3, 0.4) is 0 Å². The van der Waals surface area contributed by atoms with Crippen LogP contribution in [0.25, 0.3) is 11.0 Å². The number of rotatable bonds is 5. The maximum atomic E-state index is 13.8. The van der Waals surface area contributed by atoms with Gasteiger partial charge in [0, 0.05) is 20.2 Å². The summed E-state index contributed by atoms with van der Waals surface area (Å²) in [5.74, 6) is 0.471. The Kier molecular flexibility index (Phi) is 5.21. The van der Waals surface area contributed by atoms with Gasteiger partial charge in [-0.25, -0.2) is 9.78 Å². The highest BCUT2D eigenvalue weighted by Crippen LogP contribution is 2.45. The van der Waals surface area contributed by atoms with E-state index in [2.05, 4.69) is 4.57 Å². The van der Waals surface area contributed by atoms with Crippen LogP contribution in [-0.4, -0.2) is 48.8 Å². The van der Waals surface area contributed by atoms with Gasteiger partial charge in [-0.1, -0.05) is 18.2 Å². The van der Waals surface area contributed by atoms with Crippen molar-refractivity contribution in [1.82, 2.24) is 9.55 Å². The van der Waals surface area contributed by atoms with Crippen LogP contribution in [0.5, 0.6) is 0 Å². The van der Waals surface area contributed by atoms with E-state index < -0.39 is 5.41 Å². The van der Waals surface area contributed by atoms with E-state index in [0.29, 0.717) is 37.6 Å². The number of imidazole rings is 1. The Morgan fingerprint density at radius 1 is 1.12 bits per heavy atom. The van der Waals surface area contributed by atoms with Gasteiger partial charge in [-0.3, -0.25) is 9.69 Å². The maximum absolute atomic E-state index is 13.8. The molecule has 3 aromatic rings. The second kappa shape index (κ2) is 8.06. The van der Waals surface area contributed by atoms with Crippen molar-refractivity contribution in [2.75, 3.05) is 32.3 Å². The second-order valence-electron chi connectivity index (χ2n) is 8.68. The minimum atomic E-state index is -0.452. The number of amides is 1. The predicted octanol–water partition coefficient (Wildman–Crippen LogP) is 3.38. The number of benzene rings is 2. The smallest absolute Gasteiger partial charge is 0.337 e. The van der Waals surface area contributed by atoms with Crippen LogP contribution < -0.4 is 4.90 Å². The lowest BCUT2D eigenvalue weighted by molar-refractivity contribution is -0.126. The van der Waals surface area contributed by atoms with Gasteiger partial charge >= 0.3 is 5.97 Å². The van der Waals surface area contributed by atoms with E-state index in [-0.39, 0.29) is 11.9 Å². The molecule has 0 bridgehead atoms. The van der Waals surface area contributed by atoms with E-state index >= 15 is 0 Å². The molecule has 2 heterocycles. The number of aryl methyl sites for hydroxylation is 1. The van der Waals surface area contributed by atoms with E-state index in [1.54, 1.807) is 7.11 Å². The minimum absolute atomic E-state index is 0.126. The highest BCUT2D eigenvalue weighted by atomic mass is 16.5. The molecule has 2 aromatic carbocycles. The summed E-state index contributed by atoms with van der Waals surface area (Å²) in [6, 6.07) is 13.7. The molecule has 1 saturated heterocycles. The van der Waals surface area contributed by atoms with Gasteiger partial charge < -0.3 is 14.0 Å². The summed E-state index contributed by atoms with van der Waals surface area (Å²) in [6.45, 7) is 1.82. The molecule has 1 atom stereocenters. The van der Waals surface area contributed by atoms with Crippen molar-refractivity contribution in [3.63, 3.8) is 0 Å². The molecule has 2 aliphatic rings. The number of anilines is 1. The van der Waals surface area contributed by atoms with E-state index in [1.807, 2.05) is 47.4 Å². The van der Waals surface area contributed by atoms with E-state index in [1.165, 1.54) is 12.7 Å². The van der Waals surface area contributed by atoms with Crippen LogP contribution in [0, 0.1) is 5.41 Å². The monoisotopic (exact) mass is 433 g/mol. The molecule has 166 valence electrons. The SMILES string of the molecule is COCCn1c(N2CC[C@]3(CCc4ccc(C(=O)OC)cc4C3)C2=O)nc2ccccc21. The third-order valence-corrected chi connectivity index (χ3v) is 6.94. The molecule has 5 rings (SSSR count). The molecule has 1 fully saturated rings. The summed E-state index contributed by atoms with van der Waals surface area (Å²) in [5, 5.41) is 0. The van der Waals surface area contributed by atoms with Crippen molar-refractivity contribution >= 4 is 28.9 Å². The van der Waals surface area contributed by atoms with Crippen LogP contribution in [-0.2, 0) is 33.7 Å². The van der Waals surface area contributed by atoms with Gasteiger partial charge in [0.1, 0.15) is 0 Å². The van der Waals surface area contributed by atoms with Gasteiger partial charge in [-0.15, -0.1) is 0 Å². The van der Waals surface area contributed by atoms with E-state index in [0.717, 1.165) is 35.9 Å². The van der Waals surface area contributed by atoms with Crippen molar-refractivity contribution in [2.45, 2.75) is 32.2 Å². The Labute approximate surface area is 186 Å². The highest BCUT2D eigenvalue weighted by Gasteiger charge is 2.49. The first-order chi connectivity index (χ1) is 15.6. The lowest BCUT2D eigenvalue weighted by Crippen LogP contribution is -2.39.